The second kappa shape index (κ2) is 5.12. The molecule has 15 heavy (non-hydrogen) atoms. The van der Waals surface area contributed by atoms with E-state index >= 15 is 0 Å². The lowest BCUT2D eigenvalue weighted by atomic mass is 10.2. The molecule has 0 spiro atoms. The van der Waals surface area contributed by atoms with Crippen LogP contribution in [0.2, 0.25) is 0 Å². The Morgan fingerprint density at radius 2 is 2.00 bits per heavy atom. The van der Waals surface area contributed by atoms with E-state index in [2.05, 4.69) is 39.4 Å². The first-order valence-corrected chi connectivity index (χ1v) is 6.17. The van der Waals surface area contributed by atoms with Gasteiger partial charge in [-0.3, -0.25) is 0 Å². The van der Waals surface area contributed by atoms with Crippen LogP contribution in [0.15, 0.2) is 42.7 Å². The number of nitrogens with zero attached hydrogens (tertiary/aromatic N) is 2. The maximum atomic E-state index is 4.34. The Labute approximate surface area is 98.1 Å². The standard InChI is InChI=1S/C12H13BrN2/c13-8-4-5-11-9-14-15(10-11)12-6-2-1-3-7-12/h1-3,6-7,9-10H,4-5,8H2. The average molecular weight is 265 g/mol. The fourth-order valence-electron chi connectivity index (χ4n) is 1.48. The van der Waals surface area contributed by atoms with Crippen molar-refractivity contribution in [3.63, 3.8) is 0 Å². The Morgan fingerprint density at radius 1 is 1.20 bits per heavy atom. The molecule has 0 unspecified atom stereocenters. The van der Waals surface area contributed by atoms with Gasteiger partial charge in [0.25, 0.3) is 0 Å². The number of aromatic nitrogens is 2. The summed E-state index contributed by atoms with van der Waals surface area (Å²) in [4.78, 5) is 0. The van der Waals surface area contributed by atoms with Gasteiger partial charge in [0.05, 0.1) is 11.9 Å². The van der Waals surface area contributed by atoms with Crippen LogP contribution in [0.5, 0.6) is 0 Å². The molecule has 3 heteroatoms. The fraction of sp³-hybridized carbons (Fsp3) is 0.250. The molecule has 1 aromatic heterocycles. The Morgan fingerprint density at radius 3 is 2.73 bits per heavy atom. The summed E-state index contributed by atoms with van der Waals surface area (Å²) in [6.07, 6.45) is 6.27. The van der Waals surface area contributed by atoms with Gasteiger partial charge in [0.2, 0.25) is 0 Å². The monoisotopic (exact) mass is 264 g/mol. The minimum absolute atomic E-state index is 1.05. The Bertz CT molecular complexity index is 409. The first kappa shape index (κ1) is 10.4. The van der Waals surface area contributed by atoms with Gasteiger partial charge < -0.3 is 0 Å². The smallest absolute Gasteiger partial charge is 0.0645 e. The van der Waals surface area contributed by atoms with Gasteiger partial charge in [-0.15, -0.1) is 0 Å². The Kier molecular flexibility index (Phi) is 3.56. The molecule has 0 amide bonds. The summed E-state index contributed by atoms with van der Waals surface area (Å²) < 4.78 is 1.92. The van der Waals surface area contributed by atoms with Crippen molar-refractivity contribution in [3.05, 3.63) is 48.3 Å². The second-order valence-electron chi connectivity index (χ2n) is 3.42. The van der Waals surface area contributed by atoms with Crippen LogP contribution in [-0.2, 0) is 6.42 Å². The van der Waals surface area contributed by atoms with Gasteiger partial charge in [0.15, 0.2) is 0 Å². The normalized spacial score (nSPS) is 10.5. The third-order valence-electron chi connectivity index (χ3n) is 2.26. The highest BCUT2D eigenvalue weighted by molar-refractivity contribution is 9.09. The van der Waals surface area contributed by atoms with Gasteiger partial charge in [-0.2, -0.15) is 5.10 Å². The van der Waals surface area contributed by atoms with Gasteiger partial charge in [0.1, 0.15) is 0 Å². The number of hydrogen-bond acceptors (Lipinski definition) is 1. The third kappa shape index (κ3) is 2.69. The van der Waals surface area contributed by atoms with E-state index in [1.54, 1.807) is 0 Å². The molecule has 0 aliphatic carbocycles. The van der Waals surface area contributed by atoms with E-state index in [0.29, 0.717) is 0 Å². The predicted octanol–water partition coefficient (Wildman–Crippen LogP) is 3.20. The van der Waals surface area contributed by atoms with Gasteiger partial charge in [0, 0.05) is 11.5 Å². The molecule has 1 aromatic carbocycles. The van der Waals surface area contributed by atoms with E-state index in [1.165, 1.54) is 5.56 Å². The summed E-state index contributed by atoms with van der Waals surface area (Å²) in [5.74, 6) is 0. The van der Waals surface area contributed by atoms with Crippen molar-refractivity contribution in [1.82, 2.24) is 9.78 Å². The molecule has 0 saturated heterocycles. The number of aryl methyl sites for hydroxylation is 1. The zero-order valence-electron chi connectivity index (χ0n) is 8.44. The van der Waals surface area contributed by atoms with Crippen LogP contribution < -0.4 is 0 Å². The Hall–Kier alpha value is -1.09. The van der Waals surface area contributed by atoms with Crippen LogP contribution in [0.4, 0.5) is 0 Å². The van der Waals surface area contributed by atoms with Gasteiger partial charge in [-0.25, -0.2) is 4.68 Å². The zero-order valence-corrected chi connectivity index (χ0v) is 10.0. The third-order valence-corrected chi connectivity index (χ3v) is 2.82. The van der Waals surface area contributed by atoms with E-state index in [9.17, 15) is 0 Å². The van der Waals surface area contributed by atoms with E-state index in [4.69, 9.17) is 0 Å². The summed E-state index contributed by atoms with van der Waals surface area (Å²) in [6, 6.07) is 10.2. The van der Waals surface area contributed by atoms with Gasteiger partial charge in [-0.1, -0.05) is 34.1 Å². The van der Waals surface area contributed by atoms with E-state index in [1.807, 2.05) is 29.1 Å². The highest BCUT2D eigenvalue weighted by Crippen LogP contribution is 2.09. The molecule has 2 rings (SSSR count). The lowest BCUT2D eigenvalue weighted by Crippen LogP contribution is -1.92. The maximum absolute atomic E-state index is 4.34. The SMILES string of the molecule is BrCCCc1cnn(-c2ccccc2)c1. The quantitative estimate of drug-likeness (QED) is 0.776. The van der Waals surface area contributed by atoms with Crippen LogP contribution >= 0.6 is 15.9 Å². The average Bonchev–Trinajstić information content (AvgIpc) is 2.76. The summed E-state index contributed by atoms with van der Waals surface area (Å²) in [7, 11) is 0. The van der Waals surface area contributed by atoms with Crippen molar-refractivity contribution in [1.29, 1.82) is 0 Å². The van der Waals surface area contributed by atoms with Crippen molar-refractivity contribution < 1.29 is 0 Å². The molecule has 0 N–H and O–H groups in total. The molecule has 2 nitrogen and oxygen atoms in total. The molecule has 0 saturated carbocycles. The van der Waals surface area contributed by atoms with Crippen LogP contribution in [-0.4, -0.2) is 15.1 Å². The van der Waals surface area contributed by atoms with Crippen LogP contribution in [0.1, 0.15) is 12.0 Å². The minimum Gasteiger partial charge on any atom is -0.241 e. The van der Waals surface area contributed by atoms with Crippen molar-refractivity contribution in [3.8, 4) is 5.69 Å². The largest absolute Gasteiger partial charge is 0.241 e. The topological polar surface area (TPSA) is 17.8 Å². The van der Waals surface area contributed by atoms with E-state index in [-0.39, 0.29) is 0 Å². The highest BCUT2D eigenvalue weighted by atomic mass is 79.9. The fourth-order valence-corrected chi connectivity index (χ4v) is 1.76. The molecule has 78 valence electrons. The summed E-state index contributed by atoms with van der Waals surface area (Å²) in [5.41, 5.74) is 2.40. The second-order valence-corrected chi connectivity index (χ2v) is 4.21. The van der Waals surface area contributed by atoms with Crippen LogP contribution in [0, 0.1) is 0 Å². The molecule has 0 atom stereocenters. The molecule has 0 radical (unpaired) electrons. The number of halogens is 1. The molecule has 2 aromatic rings. The lowest BCUT2D eigenvalue weighted by molar-refractivity contribution is 0.878. The first-order valence-electron chi connectivity index (χ1n) is 5.05. The van der Waals surface area contributed by atoms with Crippen molar-refractivity contribution in [2.45, 2.75) is 12.8 Å². The van der Waals surface area contributed by atoms with E-state index in [0.717, 1.165) is 23.9 Å². The lowest BCUT2D eigenvalue weighted by Gasteiger charge is -1.98. The van der Waals surface area contributed by atoms with E-state index < -0.39 is 0 Å². The summed E-state index contributed by atoms with van der Waals surface area (Å²) in [6.45, 7) is 0. The first-order chi connectivity index (χ1) is 7.40. The number of hydrogen-bond donors (Lipinski definition) is 0. The maximum Gasteiger partial charge on any atom is 0.0645 e. The van der Waals surface area contributed by atoms with Crippen LogP contribution in [0.25, 0.3) is 5.69 Å². The number of benzene rings is 1. The predicted molar refractivity (Wildman–Crippen MR) is 65.7 cm³/mol. The minimum atomic E-state index is 1.05. The Balaban J connectivity index is 2.14. The molecule has 0 bridgehead atoms. The summed E-state index contributed by atoms with van der Waals surface area (Å²) in [5, 5.41) is 5.39. The van der Waals surface area contributed by atoms with Gasteiger partial charge >= 0.3 is 0 Å². The number of para-hydroxylation sites is 1. The molecular formula is C12H13BrN2. The van der Waals surface area contributed by atoms with Crippen molar-refractivity contribution in [2.24, 2.45) is 0 Å². The molecule has 1 heterocycles. The zero-order chi connectivity index (χ0) is 10.5. The molecule has 0 fully saturated rings. The highest BCUT2D eigenvalue weighted by Gasteiger charge is 1.99. The van der Waals surface area contributed by atoms with Crippen molar-refractivity contribution >= 4 is 15.9 Å². The molecule has 0 aliphatic rings. The van der Waals surface area contributed by atoms with Gasteiger partial charge in [-0.05, 0) is 30.5 Å². The van der Waals surface area contributed by atoms with Crippen LogP contribution in [0.3, 0.4) is 0 Å². The van der Waals surface area contributed by atoms with Crippen molar-refractivity contribution in [2.75, 3.05) is 5.33 Å². The number of alkyl halides is 1. The summed E-state index contributed by atoms with van der Waals surface area (Å²) >= 11 is 3.43. The molecule has 0 aliphatic heterocycles. The molecular weight excluding hydrogens is 252 g/mol. The number of rotatable bonds is 4.